The van der Waals surface area contributed by atoms with E-state index in [1.807, 2.05) is 56.8 Å². The Morgan fingerprint density at radius 2 is 1.94 bits per heavy atom. The van der Waals surface area contributed by atoms with Crippen molar-refractivity contribution in [3.05, 3.63) is 72.7 Å². The van der Waals surface area contributed by atoms with E-state index in [4.69, 9.17) is 4.98 Å². The van der Waals surface area contributed by atoms with Gasteiger partial charge < -0.3 is 10.2 Å². The molecule has 4 heterocycles. The first-order chi connectivity index (χ1) is 16.7. The van der Waals surface area contributed by atoms with Crippen molar-refractivity contribution in [2.75, 3.05) is 23.3 Å². The molecule has 2 aliphatic rings. The molecule has 1 unspecified atom stereocenters. The molecule has 0 spiro atoms. The fourth-order valence-electron chi connectivity index (χ4n) is 5.03. The number of fused-ring (bicyclic) bond motifs is 2. The Balaban J connectivity index is 1.26. The van der Waals surface area contributed by atoms with Gasteiger partial charge in [0, 0.05) is 25.0 Å². The highest BCUT2D eigenvalue weighted by molar-refractivity contribution is 5.96. The van der Waals surface area contributed by atoms with Crippen molar-refractivity contribution >= 4 is 28.7 Å². The van der Waals surface area contributed by atoms with E-state index in [2.05, 4.69) is 34.3 Å². The molecule has 0 saturated carbocycles. The second-order valence-electron chi connectivity index (χ2n) is 9.04. The lowest BCUT2D eigenvalue weighted by Crippen LogP contribution is -2.38. The Hall–Kier alpha value is -3.94. The van der Waals surface area contributed by atoms with Crippen LogP contribution in [0.15, 0.2) is 67.1 Å². The van der Waals surface area contributed by atoms with Crippen molar-refractivity contribution in [1.29, 1.82) is 0 Å². The third-order valence-corrected chi connectivity index (χ3v) is 6.87. The first-order valence-electron chi connectivity index (χ1n) is 11.9. The van der Waals surface area contributed by atoms with Gasteiger partial charge in [-0.1, -0.05) is 30.3 Å². The Morgan fingerprint density at radius 1 is 1.06 bits per heavy atom. The van der Waals surface area contributed by atoms with Gasteiger partial charge in [0.15, 0.2) is 0 Å². The topological polar surface area (TPSA) is 79.2 Å². The Bertz CT molecular complexity index is 1340. The minimum atomic E-state index is 0.0796. The van der Waals surface area contributed by atoms with Gasteiger partial charge in [-0.25, -0.2) is 14.8 Å². The second kappa shape index (κ2) is 8.44. The number of imidazole rings is 1. The van der Waals surface area contributed by atoms with Crippen molar-refractivity contribution in [2.45, 2.75) is 38.3 Å². The number of benzene rings is 2. The molecule has 2 amide bonds. The summed E-state index contributed by atoms with van der Waals surface area (Å²) in [5, 5.41) is 3.38. The summed E-state index contributed by atoms with van der Waals surface area (Å²) in [6.07, 6.45) is 6.91. The minimum Gasteiger partial charge on any atom is -0.348 e. The summed E-state index contributed by atoms with van der Waals surface area (Å²) in [4.78, 5) is 30.6. The van der Waals surface area contributed by atoms with Gasteiger partial charge in [0.2, 0.25) is 5.95 Å². The normalized spacial score (nSPS) is 18.9. The molecule has 2 saturated heterocycles. The molecule has 172 valence electrons. The maximum atomic E-state index is 12.9. The molecule has 0 bridgehead atoms. The lowest BCUT2D eigenvalue weighted by Gasteiger charge is -2.27. The van der Waals surface area contributed by atoms with Gasteiger partial charge in [-0.2, -0.15) is 4.98 Å². The molecule has 2 aromatic heterocycles. The Kier molecular flexibility index (Phi) is 5.13. The summed E-state index contributed by atoms with van der Waals surface area (Å²) in [7, 11) is 0. The van der Waals surface area contributed by atoms with E-state index in [0.29, 0.717) is 12.0 Å². The lowest BCUT2D eigenvalue weighted by molar-refractivity contribution is 0.187. The summed E-state index contributed by atoms with van der Waals surface area (Å²) in [5.41, 5.74) is 3.85. The van der Waals surface area contributed by atoms with Crippen LogP contribution in [0.25, 0.3) is 16.9 Å². The fraction of sp³-hybridized carbons (Fsp3) is 0.308. The number of hydrogen-bond donors (Lipinski definition) is 1. The standard InChI is InChI=1S/C26H27N7O/c1-18(19-7-3-2-4-8-19)29-25-27-13-12-24(30-25)33-17-28-22-15-20(10-11-23(22)33)32-16-21-9-5-6-14-31(21)26(32)34/h2-4,7-8,10-13,15,17-18,21H,5-6,9,14,16H2,1H3,(H,27,29,30)/t18-,21?/m0/s1. The van der Waals surface area contributed by atoms with Crippen LogP contribution < -0.4 is 10.2 Å². The third-order valence-electron chi connectivity index (χ3n) is 6.87. The minimum absolute atomic E-state index is 0.0796. The maximum Gasteiger partial charge on any atom is 0.324 e. The summed E-state index contributed by atoms with van der Waals surface area (Å²) in [6.45, 7) is 3.71. The van der Waals surface area contributed by atoms with Crippen LogP contribution in [-0.4, -0.2) is 49.6 Å². The van der Waals surface area contributed by atoms with Crippen LogP contribution in [-0.2, 0) is 0 Å². The Morgan fingerprint density at radius 3 is 2.79 bits per heavy atom. The van der Waals surface area contributed by atoms with Crippen LogP contribution >= 0.6 is 0 Å². The monoisotopic (exact) mass is 453 g/mol. The molecule has 8 nitrogen and oxygen atoms in total. The molecular formula is C26H27N7O. The van der Waals surface area contributed by atoms with E-state index in [-0.39, 0.29) is 12.1 Å². The van der Waals surface area contributed by atoms with Crippen molar-refractivity contribution in [1.82, 2.24) is 24.4 Å². The van der Waals surface area contributed by atoms with Gasteiger partial charge >= 0.3 is 6.03 Å². The number of urea groups is 1. The van der Waals surface area contributed by atoms with E-state index in [0.717, 1.165) is 48.5 Å². The van der Waals surface area contributed by atoms with Gasteiger partial charge in [-0.15, -0.1) is 0 Å². The van der Waals surface area contributed by atoms with Crippen molar-refractivity contribution < 1.29 is 4.79 Å². The first kappa shape index (κ1) is 20.7. The highest BCUT2D eigenvalue weighted by Gasteiger charge is 2.39. The highest BCUT2D eigenvalue weighted by Crippen LogP contribution is 2.31. The van der Waals surface area contributed by atoms with Crippen molar-refractivity contribution in [3.63, 3.8) is 0 Å². The smallest absolute Gasteiger partial charge is 0.324 e. The zero-order valence-electron chi connectivity index (χ0n) is 19.1. The quantitative estimate of drug-likeness (QED) is 0.470. The second-order valence-corrected chi connectivity index (χ2v) is 9.04. The molecule has 6 rings (SSSR count). The highest BCUT2D eigenvalue weighted by atomic mass is 16.2. The summed E-state index contributed by atoms with van der Waals surface area (Å²) in [6, 6.07) is 18.6. The number of hydrogen-bond acceptors (Lipinski definition) is 5. The fourth-order valence-corrected chi connectivity index (χ4v) is 5.03. The number of nitrogens with one attached hydrogen (secondary N) is 1. The molecule has 2 aromatic carbocycles. The van der Waals surface area contributed by atoms with Crippen LogP contribution in [0.2, 0.25) is 0 Å². The van der Waals surface area contributed by atoms with Crippen LogP contribution in [0.1, 0.15) is 37.8 Å². The average molecular weight is 454 g/mol. The molecule has 2 aliphatic heterocycles. The van der Waals surface area contributed by atoms with Gasteiger partial charge in [0.05, 0.1) is 23.1 Å². The summed E-state index contributed by atoms with van der Waals surface area (Å²) in [5.74, 6) is 1.30. The molecule has 8 heteroatoms. The van der Waals surface area contributed by atoms with E-state index < -0.39 is 0 Å². The van der Waals surface area contributed by atoms with Crippen LogP contribution in [0, 0.1) is 0 Å². The molecule has 34 heavy (non-hydrogen) atoms. The summed E-state index contributed by atoms with van der Waals surface area (Å²) >= 11 is 0. The molecule has 2 atom stereocenters. The summed E-state index contributed by atoms with van der Waals surface area (Å²) < 4.78 is 1.95. The van der Waals surface area contributed by atoms with Gasteiger partial charge in [0.1, 0.15) is 12.1 Å². The van der Waals surface area contributed by atoms with Gasteiger partial charge in [-0.3, -0.25) is 9.47 Å². The van der Waals surface area contributed by atoms with E-state index in [1.54, 1.807) is 12.5 Å². The number of anilines is 2. The number of piperidine rings is 1. The molecule has 1 N–H and O–H groups in total. The zero-order valence-corrected chi connectivity index (χ0v) is 19.1. The number of carbonyl (C=O) groups excluding carboxylic acids is 1. The Labute approximate surface area is 198 Å². The van der Waals surface area contributed by atoms with E-state index in [1.165, 1.54) is 12.0 Å². The molecule has 0 aliphatic carbocycles. The van der Waals surface area contributed by atoms with E-state index in [9.17, 15) is 4.79 Å². The average Bonchev–Trinajstić information content (AvgIpc) is 3.45. The maximum absolute atomic E-state index is 12.9. The first-order valence-corrected chi connectivity index (χ1v) is 11.9. The molecule has 4 aromatic rings. The number of nitrogens with zero attached hydrogens (tertiary/aromatic N) is 6. The number of aromatic nitrogens is 4. The largest absolute Gasteiger partial charge is 0.348 e. The van der Waals surface area contributed by atoms with E-state index >= 15 is 0 Å². The van der Waals surface area contributed by atoms with Crippen molar-refractivity contribution in [3.8, 4) is 5.82 Å². The zero-order chi connectivity index (χ0) is 23.1. The van der Waals surface area contributed by atoms with Gasteiger partial charge in [0.25, 0.3) is 0 Å². The number of carbonyl (C=O) groups is 1. The predicted octanol–water partition coefficient (Wildman–Crippen LogP) is 4.78. The predicted molar refractivity (Wildman–Crippen MR) is 132 cm³/mol. The van der Waals surface area contributed by atoms with Crippen LogP contribution in [0.4, 0.5) is 16.4 Å². The van der Waals surface area contributed by atoms with Crippen molar-refractivity contribution in [2.24, 2.45) is 0 Å². The molecular weight excluding hydrogens is 426 g/mol. The lowest BCUT2D eigenvalue weighted by atomic mass is 10.0. The van der Waals surface area contributed by atoms with Gasteiger partial charge in [-0.05, 0) is 56.0 Å². The number of rotatable bonds is 5. The SMILES string of the molecule is C[C@H](Nc1nccc(-n2cnc3cc(N4CC5CCCCN5C4=O)ccc32)n1)c1ccccc1. The van der Waals surface area contributed by atoms with Crippen LogP contribution in [0.5, 0.6) is 0 Å². The molecule has 2 fully saturated rings. The molecule has 0 radical (unpaired) electrons. The van der Waals surface area contributed by atoms with Crippen LogP contribution in [0.3, 0.4) is 0 Å². The number of amides is 2. The third kappa shape index (κ3) is 3.65.